The fourth-order valence-corrected chi connectivity index (χ4v) is 3.65. The Labute approximate surface area is 159 Å². The van der Waals surface area contributed by atoms with Crippen molar-refractivity contribution < 1.29 is 4.79 Å². The third kappa shape index (κ3) is 4.34. The van der Waals surface area contributed by atoms with Crippen LogP contribution in [0.2, 0.25) is 0 Å². The summed E-state index contributed by atoms with van der Waals surface area (Å²) in [5.74, 6) is 1.24. The molecule has 27 heavy (non-hydrogen) atoms. The second kappa shape index (κ2) is 7.88. The highest BCUT2D eigenvalue weighted by molar-refractivity contribution is 5.78. The Morgan fingerprint density at radius 2 is 2.15 bits per heavy atom. The predicted octanol–water partition coefficient (Wildman–Crippen LogP) is 2.79. The number of aromatic amines is 1. The van der Waals surface area contributed by atoms with Crippen molar-refractivity contribution in [3.8, 4) is 0 Å². The zero-order valence-electron chi connectivity index (χ0n) is 15.6. The number of hydrogen-bond acceptors (Lipinski definition) is 4. The molecule has 4 rings (SSSR count). The summed E-state index contributed by atoms with van der Waals surface area (Å²) < 4.78 is 0. The van der Waals surface area contributed by atoms with Gasteiger partial charge in [0.2, 0.25) is 5.91 Å². The Bertz CT molecular complexity index is 913. The molecule has 140 valence electrons. The number of benzene rings is 1. The average Bonchev–Trinajstić information content (AvgIpc) is 3.09. The number of carbonyl (C=O) groups is 1. The van der Waals surface area contributed by atoms with E-state index >= 15 is 0 Å². The molecule has 0 spiro atoms. The van der Waals surface area contributed by atoms with Crippen LogP contribution in [0.15, 0.2) is 42.7 Å². The van der Waals surface area contributed by atoms with Crippen LogP contribution >= 0.6 is 0 Å². The van der Waals surface area contributed by atoms with Gasteiger partial charge in [0.05, 0.1) is 17.6 Å². The maximum Gasteiger partial charge on any atom is 0.223 e. The Morgan fingerprint density at radius 3 is 2.93 bits per heavy atom. The quantitative estimate of drug-likeness (QED) is 0.731. The number of pyridine rings is 1. The van der Waals surface area contributed by atoms with Gasteiger partial charge >= 0.3 is 0 Å². The van der Waals surface area contributed by atoms with E-state index in [0.29, 0.717) is 6.54 Å². The van der Waals surface area contributed by atoms with E-state index < -0.39 is 0 Å². The van der Waals surface area contributed by atoms with Crippen LogP contribution in [0.1, 0.15) is 29.8 Å². The molecule has 0 atom stereocenters. The van der Waals surface area contributed by atoms with Crippen LogP contribution in [0.3, 0.4) is 0 Å². The van der Waals surface area contributed by atoms with E-state index in [-0.39, 0.29) is 11.8 Å². The van der Waals surface area contributed by atoms with Gasteiger partial charge in [0.25, 0.3) is 0 Å². The number of nitrogens with zero attached hydrogens (tertiary/aromatic N) is 3. The summed E-state index contributed by atoms with van der Waals surface area (Å²) >= 11 is 0. The number of nitrogens with one attached hydrogen (secondary N) is 2. The largest absolute Gasteiger partial charge is 0.352 e. The first-order valence-electron chi connectivity index (χ1n) is 9.51. The molecule has 1 aliphatic rings. The van der Waals surface area contributed by atoms with Gasteiger partial charge in [0.1, 0.15) is 5.82 Å². The molecule has 1 fully saturated rings. The van der Waals surface area contributed by atoms with Gasteiger partial charge in [0, 0.05) is 24.9 Å². The van der Waals surface area contributed by atoms with Gasteiger partial charge in [-0.1, -0.05) is 12.1 Å². The van der Waals surface area contributed by atoms with Gasteiger partial charge in [0.15, 0.2) is 0 Å². The number of piperidine rings is 1. The van der Waals surface area contributed by atoms with Crippen molar-refractivity contribution in [1.82, 2.24) is 25.2 Å². The molecule has 2 N–H and O–H groups in total. The minimum Gasteiger partial charge on any atom is -0.352 e. The van der Waals surface area contributed by atoms with Crippen molar-refractivity contribution in [2.75, 3.05) is 13.1 Å². The highest BCUT2D eigenvalue weighted by Gasteiger charge is 2.25. The molecular formula is C21H25N5O. The molecule has 1 aromatic carbocycles. The van der Waals surface area contributed by atoms with Crippen LogP contribution < -0.4 is 5.32 Å². The van der Waals surface area contributed by atoms with Gasteiger partial charge in [-0.05, 0) is 62.2 Å². The SMILES string of the molecule is Cc1ccc2nc(CN3CCC(C(=O)NCc4cccnc4)CC3)[nH]c2c1. The van der Waals surface area contributed by atoms with Crippen molar-refractivity contribution >= 4 is 16.9 Å². The first-order valence-corrected chi connectivity index (χ1v) is 9.51. The van der Waals surface area contributed by atoms with E-state index in [1.54, 1.807) is 12.4 Å². The Hall–Kier alpha value is -2.73. The predicted molar refractivity (Wildman–Crippen MR) is 105 cm³/mol. The number of carbonyl (C=O) groups excluding carboxylic acids is 1. The van der Waals surface area contributed by atoms with Gasteiger partial charge in [-0.25, -0.2) is 4.98 Å². The Balaban J connectivity index is 1.27. The lowest BCUT2D eigenvalue weighted by molar-refractivity contribution is -0.126. The topological polar surface area (TPSA) is 73.9 Å². The van der Waals surface area contributed by atoms with Crippen molar-refractivity contribution in [3.63, 3.8) is 0 Å². The smallest absolute Gasteiger partial charge is 0.223 e. The standard InChI is InChI=1S/C21H25N5O/c1-15-4-5-18-19(11-15)25-20(24-18)14-26-9-6-17(7-10-26)21(27)23-13-16-3-2-8-22-12-16/h2-5,8,11-12,17H,6-7,9-10,13-14H2,1H3,(H,23,27)(H,24,25). The minimum atomic E-state index is 0.0937. The molecule has 0 aliphatic carbocycles. The molecule has 0 unspecified atom stereocenters. The molecule has 3 aromatic rings. The van der Waals surface area contributed by atoms with Crippen LogP contribution in [0, 0.1) is 12.8 Å². The first kappa shape index (κ1) is 17.7. The second-order valence-electron chi connectivity index (χ2n) is 7.33. The zero-order valence-corrected chi connectivity index (χ0v) is 15.6. The van der Waals surface area contributed by atoms with E-state index in [4.69, 9.17) is 0 Å². The van der Waals surface area contributed by atoms with Crippen LogP contribution in [0.25, 0.3) is 11.0 Å². The van der Waals surface area contributed by atoms with Gasteiger partial charge < -0.3 is 10.3 Å². The molecule has 6 heteroatoms. The number of imidazole rings is 1. The molecule has 0 radical (unpaired) electrons. The summed E-state index contributed by atoms with van der Waals surface area (Å²) in [7, 11) is 0. The third-order valence-electron chi connectivity index (χ3n) is 5.21. The molecular weight excluding hydrogens is 338 g/mol. The lowest BCUT2D eigenvalue weighted by Crippen LogP contribution is -2.40. The molecule has 6 nitrogen and oxygen atoms in total. The average molecular weight is 363 g/mol. The van der Waals surface area contributed by atoms with Crippen molar-refractivity contribution in [3.05, 3.63) is 59.7 Å². The highest BCUT2D eigenvalue weighted by Crippen LogP contribution is 2.20. The third-order valence-corrected chi connectivity index (χ3v) is 5.21. The van der Waals surface area contributed by atoms with E-state index in [1.807, 2.05) is 12.1 Å². The molecule has 1 saturated heterocycles. The highest BCUT2D eigenvalue weighted by atomic mass is 16.1. The number of aromatic nitrogens is 3. The lowest BCUT2D eigenvalue weighted by atomic mass is 9.96. The number of rotatable bonds is 5. The van der Waals surface area contributed by atoms with E-state index in [1.165, 1.54) is 5.56 Å². The number of amides is 1. The Morgan fingerprint density at radius 1 is 1.30 bits per heavy atom. The molecule has 1 amide bonds. The van der Waals surface area contributed by atoms with Gasteiger partial charge in [-0.3, -0.25) is 14.7 Å². The maximum absolute atomic E-state index is 12.4. The zero-order chi connectivity index (χ0) is 18.6. The summed E-state index contributed by atoms with van der Waals surface area (Å²) in [5.41, 5.74) is 4.37. The number of fused-ring (bicyclic) bond motifs is 1. The lowest BCUT2D eigenvalue weighted by Gasteiger charge is -2.30. The summed E-state index contributed by atoms with van der Waals surface area (Å²) in [5, 5.41) is 3.04. The van der Waals surface area contributed by atoms with Crippen LogP contribution in [-0.4, -0.2) is 38.8 Å². The summed E-state index contributed by atoms with van der Waals surface area (Å²) in [6.45, 7) is 5.27. The van der Waals surface area contributed by atoms with E-state index in [9.17, 15) is 4.79 Å². The number of likely N-dealkylation sites (tertiary alicyclic amines) is 1. The second-order valence-corrected chi connectivity index (χ2v) is 7.33. The van der Waals surface area contributed by atoms with Crippen molar-refractivity contribution in [2.24, 2.45) is 5.92 Å². The van der Waals surface area contributed by atoms with Gasteiger partial charge in [-0.15, -0.1) is 0 Å². The molecule has 1 aliphatic heterocycles. The molecule has 2 aromatic heterocycles. The fourth-order valence-electron chi connectivity index (χ4n) is 3.65. The van der Waals surface area contributed by atoms with Crippen LogP contribution in [0.4, 0.5) is 0 Å². The maximum atomic E-state index is 12.4. The minimum absolute atomic E-state index is 0.0937. The number of H-pyrrole nitrogens is 1. The van der Waals surface area contributed by atoms with Crippen molar-refractivity contribution in [1.29, 1.82) is 0 Å². The normalized spacial score (nSPS) is 15.9. The summed E-state index contributed by atoms with van der Waals surface area (Å²) in [6, 6.07) is 10.1. The van der Waals surface area contributed by atoms with Crippen LogP contribution in [0.5, 0.6) is 0 Å². The molecule has 3 heterocycles. The van der Waals surface area contributed by atoms with Gasteiger partial charge in [-0.2, -0.15) is 0 Å². The molecule has 0 bridgehead atoms. The summed E-state index contributed by atoms with van der Waals surface area (Å²) in [4.78, 5) is 27.0. The number of aryl methyl sites for hydroxylation is 1. The van der Waals surface area contributed by atoms with E-state index in [0.717, 1.165) is 54.9 Å². The fraction of sp³-hybridized carbons (Fsp3) is 0.381. The number of hydrogen-bond donors (Lipinski definition) is 2. The van der Waals surface area contributed by atoms with Crippen molar-refractivity contribution in [2.45, 2.75) is 32.9 Å². The Kier molecular flexibility index (Phi) is 5.16. The monoisotopic (exact) mass is 363 g/mol. The first-order chi connectivity index (χ1) is 13.2. The summed E-state index contributed by atoms with van der Waals surface area (Å²) in [6.07, 6.45) is 5.30. The van der Waals surface area contributed by atoms with Crippen LogP contribution in [-0.2, 0) is 17.9 Å². The molecule has 0 saturated carbocycles. The van der Waals surface area contributed by atoms with E-state index in [2.05, 4.69) is 50.3 Å².